The van der Waals surface area contributed by atoms with Crippen molar-refractivity contribution in [3.8, 4) is 0 Å². The van der Waals surface area contributed by atoms with Gasteiger partial charge >= 0.3 is 0 Å². The molecule has 0 aliphatic heterocycles. The smallest absolute Gasteiger partial charge is 0.0589 e. The largest absolute Gasteiger partial charge is 0.383 e. The van der Waals surface area contributed by atoms with Gasteiger partial charge in [-0.25, -0.2) is 0 Å². The van der Waals surface area contributed by atoms with E-state index >= 15 is 0 Å². The third kappa shape index (κ3) is 4.52. The van der Waals surface area contributed by atoms with Crippen LogP contribution < -0.4 is 5.32 Å². The molecular weight excluding hydrogens is 224 g/mol. The molecule has 0 amide bonds. The molecule has 0 saturated heterocycles. The Hall–Kier alpha value is -0.120. The van der Waals surface area contributed by atoms with Gasteiger partial charge in [-0.2, -0.15) is 0 Å². The van der Waals surface area contributed by atoms with Crippen LogP contribution in [0.5, 0.6) is 0 Å². The Morgan fingerprint density at radius 3 is 2.50 bits per heavy atom. The minimum absolute atomic E-state index is 0.648. The lowest BCUT2D eigenvalue weighted by molar-refractivity contribution is 0.116. The number of nitrogens with one attached hydrogen (secondary N) is 1. The highest BCUT2D eigenvalue weighted by Gasteiger charge is 2.31. The summed E-state index contributed by atoms with van der Waals surface area (Å²) in [6.07, 6.45) is 9.82. The monoisotopic (exact) mass is 254 g/mol. The van der Waals surface area contributed by atoms with Crippen LogP contribution in [-0.2, 0) is 4.74 Å². The number of hydrogen-bond acceptors (Lipinski definition) is 3. The summed E-state index contributed by atoms with van der Waals surface area (Å²) in [6.45, 7) is 5.47. The lowest BCUT2D eigenvalue weighted by atomic mass is 9.95. The number of rotatable bonds is 8. The number of methoxy groups -OCH3 is 1. The van der Waals surface area contributed by atoms with Crippen LogP contribution in [-0.4, -0.2) is 49.8 Å². The summed E-state index contributed by atoms with van der Waals surface area (Å²) in [6, 6.07) is 2.27. The summed E-state index contributed by atoms with van der Waals surface area (Å²) in [4.78, 5) is 2.64. The molecule has 0 heterocycles. The minimum Gasteiger partial charge on any atom is -0.383 e. The molecular formula is C15H30N2O. The van der Waals surface area contributed by atoms with E-state index in [1.54, 1.807) is 7.11 Å². The van der Waals surface area contributed by atoms with Gasteiger partial charge in [0.05, 0.1) is 6.61 Å². The number of hydrogen-bond donors (Lipinski definition) is 1. The van der Waals surface area contributed by atoms with Crippen molar-refractivity contribution in [1.29, 1.82) is 0 Å². The average molecular weight is 254 g/mol. The van der Waals surface area contributed by atoms with Crippen molar-refractivity contribution in [1.82, 2.24) is 10.2 Å². The zero-order valence-electron chi connectivity index (χ0n) is 12.2. The molecule has 3 nitrogen and oxygen atoms in total. The average Bonchev–Trinajstić information content (AvgIpc) is 3.22. The molecule has 2 aliphatic carbocycles. The molecule has 1 N–H and O–H groups in total. The molecule has 18 heavy (non-hydrogen) atoms. The molecule has 0 aromatic heterocycles. The molecule has 106 valence electrons. The van der Waals surface area contributed by atoms with E-state index in [9.17, 15) is 0 Å². The maximum atomic E-state index is 5.23. The van der Waals surface area contributed by atoms with Crippen molar-refractivity contribution in [2.24, 2.45) is 0 Å². The van der Waals surface area contributed by atoms with Gasteiger partial charge in [-0.05, 0) is 32.6 Å². The zero-order chi connectivity index (χ0) is 12.8. The van der Waals surface area contributed by atoms with Gasteiger partial charge in [0.15, 0.2) is 0 Å². The van der Waals surface area contributed by atoms with Crippen LogP contribution in [0.15, 0.2) is 0 Å². The first kappa shape index (κ1) is 14.3. The maximum Gasteiger partial charge on any atom is 0.0589 e. The summed E-state index contributed by atoms with van der Waals surface area (Å²) in [5.74, 6) is 0. The fourth-order valence-electron chi connectivity index (χ4n) is 3.13. The van der Waals surface area contributed by atoms with E-state index in [4.69, 9.17) is 4.74 Å². The lowest BCUT2D eigenvalue weighted by Crippen LogP contribution is -2.46. The lowest BCUT2D eigenvalue weighted by Gasteiger charge is -2.31. The number of nitrogens with zero attached hydrogens (tertiary/aromatic N) is 1. The van der Waals surface area contributed by atoms with E-state index in [2.05, 4.69) is 17.1 Å². The van der Waals surface area contributed by atoms with Gasteiger partial charge < -0.3 is 10.1 Å². The van der Waals surface area contributed by atoms with Gasteiger partial charge in [0.1, 0.15) is 0 Å². The van der Waals surface area contributed by atoms with Crippen molar-refractivity contribution in [3.05, 3.63) is 0 Å². The summed E-state index contributed by atoms with van der Waals surface area (Å²) >= 11 is 0. The highest BCUT2D eigenvalue weighted by Crippen LogP contribution is 2.28. The molecule has 1 unspecified atom stereocenters. The molecule has 2 aliphatic rings. The van der Waals surface area contributed by atoms with Crippen molar-refractivity contribution >= 4 is 0 Å². The van der Waals surface area contributed by atoms with Gasteiger partial charge in [0.25, 0.3) is 0 Å². The van der Waals surface area contributed by atoms with Gasteiger partial charge in [-0.15, -0.1) is 0 Å². The summed E-state index contributed by atoms with van der Waals surface area (Å²) in [5, 5.41) is 3.78. The molecule has 3 heteroatoms. The molecule has 0 radical (unpaired) electrons. The van der Waals surface area contributed by atoms with Crippen molar-refractivity contribution < 1.29 is 4.74 Å². The molecule has 2 fully saturated rings. The van der Waals surface area contributed by atoms with Crippen LogP contribution in [0.2, 0.25) is 0 Å². The van der Waals surface area contributed by atoms with Gasteiger partial charge in [0.2, 0.25) is 0 Å². The second-order valence-electron chi connectivity index (χ2n) is 6.05. The first-order chi connectivity index (χ1) is 8.81. The zero-order valence-corrected chi connectivity index (χ0v) is 12.2. The summed E-state index contributed by atoms with van der Waals surface area (Å²) in [5.41, 5.74) is 0. The predicted molar refractivity (Wildman–Crippen MR) is 75.9 cm³/mol. The van der Waals surface area contributed by atoms with Gasteiger partial charge in [-0.1, -0.05) is 19.3 Å². The van der Waals surface area contributed by atoms with Crippen LogP contribution in [0.3, 0.4) is 0 Å². The van der Waals surface area contributed by atoms with Crippen LogP contribution in [0.1, 0.15) is 51.9 Å². The van der Waals surface area contributed by atoms with E-state index in [-0.39, 0.29) is 0 Å². The van der Waals surface area contributed by atoms with Crippen LogP contribution in [0, 0.1) is 0 Å². The normalized spacial score (nSPS) is 23.5. The Morgan fingerprint density at radius 2 is 1.89 bits per heavy atom. The van der Waals surface area contributed by atoms with E-state index in [0.717, 1.165) is 31.8 Å². The fraction of sp³-hybridized carbons (Fsp3) is 1.00. The highest BCUT2D eigenvalue weighted by atomic mass is 16.5. The van der Waals surface area contributed by atoms with Crippen molar-refractivity contribution in [3.63, 3.8) is 0 Å². The molecule has 0 aromatic carbocycles. The van der Waals surface area contributed by atoms with Crippen molar-refractivity contribution in [2.45, 2.75) is 70.0 Å². The summed E-state index contributed by atoms with van der Waals surface area (Å²) in [7, 11) is 1.80. The third-order valence-corrected chi connectivity index (χ3v) is 4.44. The quantitative estimate of drug-likeness (QED) is 0.720. The Balaban J connectivity index is 1.68. The van der Waals surface area contributed by atoms with E-state index < -0.39 is 0 Å². The second-order valence-corrected chi connectivity index (χ2v) is 6.05. The Morgan fingerprint density at radius 1 is 1.17 bits per heavy atom. The van der Waals surface area contributed by atoms with Crippen LogP contribution >= 0.6 is 0 Å². The number of ether oxygens (including phenoxy) is 1. The molecule has 0 aromatic rings. The topological polar surface area (TPSA) is 24.5 Å². The highest BCUT2D eigenvalue weighted by molar-refractivity contribution is 4.88. The Kier molecular flexibility index (Phi) is 5.93. The van der Waals surface area contributed by atoms with Crippen LogP contribution in [0.4, 0.5) is 0 Å². The first-order valence-corrected chi connectivity index (χ1v) is 7.79. The molecule has 1 atom stereocenters. The molecule has 0 spiro atoms. The first-order valence-electron chi connectivity index (χ1n) is 7.79. The Bertz CT molecular complexity index is 225. The fourth-order valence-corrected chi connectivity index (χ4v) is 3.13. The second kappa shape index (κ2) is 7.46. The van der Waals surface area contributed by atoms with E-state index in [0.29, 0.717) is 6.04 Å². The molecule has 0 bridgehead atoms. The molecule has 2 saturated carbocycles. The maximum absolute atomic E-state index is 5.23. The van der Waals surface area contributed by atoms with Crippen molar-refractivity contribution in [2.75, 3.05) is 26.8 Å². The third-order valence-electron chi connectivity index (χ3n) is 4.44. The molecule has 2 rings (SSSR count). The Labute approximate surface area is 112 Å². The van der Waals surface area contributed by atoms with E-state index in [1.165, 1.54) is 44.9 Å². The minimum atomic E-state index is 0.648. The van der Waals surface area contributed by atoms with Gasteiger partial charge in [0, 0.05) is 38.3 Å². The SMILES string of the molecule is COCCN(C(C)CNC1CCCCC1)C1CC1. The van der Waals surface area contributed by atoms with Gasteiger partial charge in [-0.3, -0.25) is 4.90 Å². The predicted octanol–water partition coefficient (Wildman–Crippen LogP) is 2.41. The van der Waals surface area contributed by atoms with E-state index in [1.807, 2.05) is 0 Å². The van der Waals surface area contributed by atoms with Crippen LogP contribution in [0.25, 0.3) is 0 Å². The summed E-state index contributed by atoms with van der Waals surface area (Å²) < 4.78 is 5.23. The standard InChI is InChI=1S/C15H30N2O/c1-13(12-16-14-6-4-3-5-7-14)17(10-11-18-2)15-8-9-15/h13-16H,3-12H2,1-2H3.